The molecule has 4 heterocycles. The largest absolute Gasteiger partial charge is 0.454 e. The number of fused-ring (bicyclic) bond motifs is 2. The normalized spacial score (nSPS) is 18.0. The predicted octanol–water partition coefficient (Wildman–Crippen LogP) is 0.227. The lowest BCUT2D eigenvalue weighted by atomic mass is 10.0. The minimum atomic E-state index is -0.376. The highest BCUT2D eigenvalue weighted by Crippen LogP contribution is 2.36. The van der Waals surface area contributed by atoms with E-state index < -0.39 is 0 Å². The Bertz CT molecular complexity index is 1140. The Morgan fingerprint density at radius 2 is 1.94 bits per heavy atom. The second-order valence-corrected chi connectivity index (χ2v) is 7.84. The molecule has 31 heavy (non-hydrogen) atoms. The Kier molecular flexibility index (Phi) is 5.30. The summed E-state index contributed by atoms with van der Waals surface area (Å²) < 4.78 is 17.9. The SMILES string of the molecule is COCCn1nnnc1[C@H](c1cc2cc3c(cc2[nH]c1=O)OCO3)N1CCN(C)CC1. The number of pyridine rings is 1. The lowest BCUT2D eigenvalue weighted by Gasteiger charge is -2.37. The zero-order chi connectivity index (χ0) is 21.4. The summed E-state index contributed by atoms with van der Waals surface area (Å²) in [5, 5.41) is 13.2. The molecule has 0 spiro atoms. The first-order valence-corrected chi connectivity index (χ1v) is 10.3. The van der Waals surface area contributed by atoms with Crippen molar-refractivity contribution in [3.63, 3.8) is 0 Å². The summed E-state index contributed by atoms with van der Waals surface area (Å²) in [6.45, 7) is 4.58. The summed E-state index contributed by atoms with van der Waals surface area (Å²) in [5.74, 6) is 1.94. The van der Waals surface area contributed by atoms with E-state index in [4.69, 9.17) is 14.2 Å². The number of nitrogens with one attached hydrogen (secondary N) is 1. The van der Waals surface area contributed by atoms with Gasteiger partial charge in [-0.15, -0.1) is 5.10 Å². The van der Waals surface area contributed by atoms with E-state index in [2.05, 4.69) is 37.4 Å². The number of hydrogen-bond acceptors (Lipinski definition) is 9. The molecule has 0 radical (unpaired) electrons. The average molecular weight is 427 g/mol. The minimum absolute atomic E-state index is 0.170. The van der Waals surface area contributed by atoms with Crippen LogP contribution < -0.4 is 15.0 Å². The summed E-state index contributed by atoms with van der Waals surface area (Å²) in [5.41, 5.74) is 1.13. The third-order valence-corrected chi connectivity index (χ3v) is 5.88. The lowest BCUT2D eigenvalue weighted by Crippen LogP contribution is -2.47. The van der Waals surface area contributed by atoms with Crippen molar-refractivity contribution < 1.29 is 14.2 Å². The van der Waals surface area contributed by atoms with Gasteiger partial charge in [0.2, 0.25) is 6.79 Å². The van der Waals surface area contributed by atoms with E-state index >= 15 is 0 Å². The zero-order valence-electron chi connectivity index (χ0n) is 17.6. The van der Waals surface area contributed by atoms with Gasteiger partial charge in [-0.2, -0.15) is 0 Å². The number of aromatic amines is 1. The Labute approximate surface area is 178 Å². The first-order chi connectivity index (χ1) is 15.1. The summed E-state index contributed by atoms with van der Waals surface area (Å²) in [6.07, 6.45) is 0. The molecule has 5 rings (SSSR count). The molecule has 0 saturated carbocycles. The molecule has 164 valence electrons. The van der Waals surface area contributed by atoms with E-state index in [0.29, 0.717) is 41.6 Å². The number of piperazine rings is 1. The maximum Gasteiger partial charge on any atom is 0.253 e. The van der Waals surface area contributed by atoms with Crippen LogP contribution in [0.25, 0.3) is 10.9 Å². The van der Waals surface area contributed by atoms with Crippen LogP contribution in [0.2, 0.25) is 0 Å². The van der Waals surface area contributed by atoms with Crippen LogP contribution in [0, 0.1) is 0 Å². The van der Waals surface area contributed by atoms with Gasteiger partial charge in [-0.3, -0.25) is 9.69 Å². The van der Waals surface area contributed by atoms with Crippen molar-refractivity contribution in [3.05, 3.63) is 39.9 Å². The van der Waals surface area contributed by atoms with Gasteiger partial charge in [0, 0.05) is 50.3 Å². The number of methoxy groups -OCH3 is 1. The van der Waals surface area contributed by atoms with Gasteiger partial charge in [-0.05, 0) is 29.6 Å². The van der Waals surface area contributed by atoms with Gasteiger partial charge in [0.25, 0.3) is 5.56 Å². The van der Waals surface area contributed by atoms with Gasteiger partial charge in [0.15, 0.2) is 17.3 Å². The molecule has 0 unspecified atom stereocenters. The van der Waals surface area contributed by atoms with Crippen LogP contribution in [0.15, 0.2) is 23.0 Å². The van der Waals surface area contributed by atoms with Gasteiger partial charge in [-0.1, -0.05) is 0 Å². The molecule has 0 bridgehead atoms. The summed E-state index contributed by atoms with van der Waals surface area (Å²) in [4.78, 5) is 20.8. The molecule has 1 fully saturated rings. The van der Waals surface area contributed by atoms with Crippen LogP contribution in [0.5, 0.6) is 11.5 Å². The number of H-pyrrole nitrogens is 1. The molecule has 1 atom stereocenters. The van der Waals surface area contributed by atoms with Crippen LogP contribution in [0.3, 0.4) is 0 Å². The molecule has 1 aromatic carbocycles. The fraction of sp³-hybridized carbons (Fsp3) is 0.500. The lowest BCUT2D eigenvalue weighted by molar-refractivity contribution is 0.119. The molecule has 0 aliphatic carbocycles. The maximum atomic E-state index is 13.2. The van der Waals surface area contributed by atoms with Crippen LogP contribution in [-0.2, 0) is 11.3 Å². The third-order valence-electron chi connectivity index (χ3n) is 5.88. The van der Waals surface area contributed by atoms with Crippen molar-refractivity contribution in [2.45, 2.75) is 12.6 Å². The van der Waals surface area contributed by atoms with Crippen molar-refractivity contribution in [1.82, 2.24) is 35.0 Å². The maximum absolute atomic E-state index is 13.2. The second kappa shape index (κ2) is 8.25. The van der Waals surface area contributed by atoms with Gasteiger partial charge in [0.1, 0.15) is 6.04 Å². The van der Waals surface area contributed by atoms with Crippen molar-refractivity contribution in [2.24, 2.45) is 0 Å². The molecule has 2 aliphatic heterocycles. The molecule has 0 amide bonds. The highest BCUT2D eigenvalue weighted by atomic mass is 16.7. The number of tetrazole rings is 1. The van der Waals surface area contributed by atoms with E-state index in [1.54, 1.807) is 17.9 Å². The summed E-state index contributed by atoms with van der Waals surface area (Å²) in [6, 6.07) is 5.23. The smallest absolute Gasteiger partial charge is 0.253 e. The average Bonchev–Trinajstić information content (AvgIpc) is 3.41. The Hall–Kier alpha value is -3.02. The molecule has 2 aliphatic rings. The second-order valence-electron chi connectivity index (χ2n) is 7.84. The van der Waals surface area contributed by atoms with E-state index in [1.807, 2.05) is 12.1 Å². The predicted molar refractivity (Wildman–Crippen MR) is 111 cm³/mol. The topological polar surface area (TPSA) is 111 Å². The monoisotopic (exact) mass is 427 g/mol. The van der Waals surface area contributed by atoms with Crippen molar-refractivity contribution in [2.75, 3.05) is 53.7 Å². The molecule has 11 heteroatoms. The fourth-order valence-corrected chi connectivity index (χ4v) is 4.14. The van der Waals surface area contributed by atoms with E-state index in [-0.39, 0.29) is 18.4 Å². The third kappa shape index (κ3) is 3.75. The van der Waals surface area contributed by atoms with E-state index in [1.165, 1.54) is 0 Å². The number of hydrogen-bond donors (Lipinski definition) is 1. The minimum Gasteiger partial charge on any atom is -0.454 e. The van der Waals surface area contributed by atoms with Crippen molar-refractivity contribution in [1.29, 1.82) is 0 Å². The highest BCUT2D eigenvalue weighted by Gasteiger charge is 2.32. The fourth-order valence-electron chi connectivity index (χ4n) is 4.14. The highest BCUT2D eigenvalue weighted by molar-refractivity contribution is 5.83. The Morgan fingerprint density at radius 3 is 2.71 bits per heavy atom. The molecular weight excluding hydrogens is 402 g/mol. The first kappa shape index (κ1) is 19.9. The molecular formula is C20H25N7O4. The van der Waals surface area contributed by atoms with E-state index in [0.717, 1.165) is 31.6 Å². The van der Waals surface area contributed by atoms with Gasteiger partial charge in [-0.25, -0.2) is 4.68 Å². The zero-order valence-corrected chi connectivity index (χ0v) is 17.6. The number of benzene rings is 1. The Balaban J connectivity index is 1.61. The van der Waals surface area contributed by atoms with Crippen molar-refractivity contribution in [3.8, 4) is 11.5 Å². The van der Waals surface area contributed by atoms with Gasteiger partial charge < -0.3 is 24.1 Å². The molecule has 1 N–H and O–H groups in total. The number of aromatic nitrogens is 5. The van der Waals surface area contributed by atoms with Gasteiger partial charge in [0.05, 0.1) is 18.7 Å². The van der Waals surface area contributed by atoms with E-state index in [9.17, 15) is 4.79 Å². The Morgan fingerprint density at radius 1 is 1.16 bits per heavy atom. The van der Waals surface area contributed by atoms with Gasteiger partial charge >= 0.3 is 0 Å². The molecule has 2 aromatic heterocycles. The number of ether oxygens (including phenoxy) is 3. The number of nitrogens with zero attached hydrogens (tertiary/aromatic N) is 6. The van der Waals surface area contributed by atoms with Crippen LogP contribution >= 0.6 is 0 Å². The van der Waals surface area contributed by atoms with Crippen LogP contribution in [-0.4, -0.2) is 88.7 Å². The quantitative estimate of drug-likeness (QED) is 0.591. The molecule has 3 aromatic rings. The molecule has 1 saturated heterocycles. The van der Waals surface area contributed by atoms with Crippen LogP contribution in [0.1, 0.15) is 17.4 Å². The van der Waals surface area contributed by atoms with Crippen LogP contribution in [0.4, 0.5) is 0 Å². The van der Waals surface area contributed by atoms with Crippen molar-refractivity contribution >= 4 is 10.9 Å². The summed E-state index contributed by atoms with van der Waals surface area (Å²) in [7, 11) is 3.74. The standard InChI is InChI=1S/C20H25N7O4/c1-25-3-5-26(6-4-25)18(19-22-23-24-27(19)7-8-29-2)14-9-13-10-16-17(31-12-30-16)11-15(13)21-20(14)28/h9-11,18H,3-8,12H2,1-2H3,(H,21,28)/t18-/m0/s1. The number of likely N-dealkylation sites (N-methyl/N-ethyl adjacent to an activating group) is 1. The number of rotatable bonds is 6. The molecule has 11 nitrogen and oxygen atoms in total. The summed E-state index contributed by atoms with van der Waals surface area (Å²) >= 11 is 0. The first-order valence-electron chi connectivity index (χ1n) is 10.3.